The van der Waals surface area contributed by atoms with Crippen LogP contribution in [0.2, 0.25) is 0 Å². The van der Waals surface area contributed by atoms with E-state index in [2.05, 4.69) is 61.5 Å². The molecule has 18 heavy (non-hydrogen) atoms. The van der Waals surface area contributed by atoms with Gasteiger partial charge in [0.15, 0.2) is 5.82 Å². The van der Waals surface area contributed by atoms with Crippen LogP contribution in [0.25, 0.3) is 0 Å². The summed E-state index contributed by atoms with van der Waals surface area (Å²) in [6, 6.07) is 12.6. The second-order valence-corrected chi connectivity index (χ2v) is 5.27. The van der Waals surface area contributed by atoms with E-state index in [0.717, 1.165) is 35.6 Å². The summed E-state index contributed by atoms with van der Waals surface area (Å²) in [5.41, 5.74) is 2.42. The summed E-state index contributed by atoms with van der Waals surface area (Å²) >= 11 is 3.46. The molecule has 0 atom stereocenters. The third-order valence-corrected chi connectivity index (χ3v) is 3.48. The molecule has 0 aliphatic carbocycles. The van der Waals surface area contributed by atoms with Gasteiger partial charge in [-0.25, -0.2) is 4.98 Å². The van der Waals surface area contributed by atoms with Crippen molar-refractivity contribution in [3.63, 3.8) is 0 Å². The zero-order chi connectivity index (χ0) is 12.4. The van der Waals surface area contributed by atoms with Gasteiger partial charge in [0.25, 0.3) is 0 Å². The van der Waals surface area contributed by atoms with E-state index in [-0.39, 0.29) is 0 Å². The topological polar surface area (TPSA) is 28.2 Å². The molecule has 1 aromatic heterocycles. The predicted molar refractivity (Wildman–Crippen MR) is 77.9 cm³/mol. The molecule has 4 heteroatoms. The average molecular weight is 304 g/mol. The molecule has 0 amide bonds. The number of hydrogen-bond acceptors (Lipinski definition) is 3. The lowest BCUT2D eigenvalue weighted by Crippen LogP contribution is -2.34. The molecule has 0 unspecified atom stereocenters. The van der Waals surface area contributed by atoms with Crippen LogP contribution in [0.5, 0.6) is 0 Å². The van der Waals surface area contributed by atoms with Gasteiger partial charge >= 0.3 is 0 Å². The van der Waals surface area contributed by atoms with Crippen molar-refractivity contribution < 1.29 is 0 Å². The summed E-state index contributed by atoms with van der Waals surface area (Å²) in [6.45, 7) is 2.85. The summed E-state index contributed by atoms with van der Waals surface area (Å²) < 4.78 is 1.01. The van der Waals surface area contributed by atoms with Gasteiger partial charge in [-0.15, -0.1) is 0 Å². The van der Waals surface area contributed by atoms with Crippen molar-refractivity contribution in [1.82, 2.24) is 4.98 Å². The lowest BCUT2D eigenvalue weighted by atomic mass is 10.2. The number of pyridine rings is 1. The van der Waals surface area contributed by atoms with Crippen LogP contribution in [0.3, 0.4) is 0 Å². The lowest BCUT2D eigenvalue weighted by molar-refractivity contribution is 0.770. The first kappa shape index (κ1) is 11.5. The van der Waals surface area contributed by atoms with Gasteiger partial charge in [-0.2, -0.15) is 0 Å². The number of aromatic nitrogens is 1. The highest BCUT2D eigenvalue weighted by Gasteiger charge is 2.17. The van der Waals surface area contributed by atoms with Crippen molar-refractivity contribution in [3.05, 3.63) is 52.6 Å². The summed E-state index contributed by atoms with van der Waals surface area (Å²) in [7, 11) is 0. The highest BCUT2D eigenvalue weighted by atomic mass is 79.9. The zero-order valence-corrected chi connectivity index (χ0v) is 11.5. The smallest absolute Gasteiger partial charge is 0.152 e. The first-order valence-corrected chi connectivity index (χ1v) is 6.80. The summed E-state index contributed by atoms with van der Waals surface area (Å²) in [6.07, 6.45) is 1.85. The molecule has 0 saturated carbocycles. The molecule has 1 N–H and O–H groups in total. The Labute approximate surface area is 115 Å². The summed E-state index contributed by atoms with van der Waals surface area (Å²) in [4.78, 5) is 6.83. The molecule has 0 saturated heterocycles. The minimum atomic E-state index is 0.907. The maximum Gasteiger partial charge on any atom is 0.152 e. The normalized spacial score (nSPS) is 13.9. The standard InChI is InChI=1S/C14H14BrN3/c15-12-8-13-14(17-9-12)18(7-6-16-13)10-11-4-2-1-3-5-11/h1-5,8-9,16H,6-7,10H2. The van der Waals surface area contributed by atoms with Crippen LogP contribution in [-0.4, -0.2) is 18.1 Å². The maximum absolute atomic E-state index is 4.51. The van der Waals surface area contributed by atoms with Crippen LogP contribution >= 0.6 is 15.9 Å². The molecule has 92 valence electrons. The van der Waals surface area contributed by atoms with E-state index in [1.54, 1.807) is 0 Å². The molecule has 0 bridgehead atoms. The number of anilines is 2. The van der Waals surface area contributed by atoms with Gasteiger partial charge in [0, 0.05) is 30.3 Å². The minimum Gasteiger partial charge on any atom is -0.380 e. The molecule has 2 heterocycles. The van der Waals surface area contributed by atoms with Gasteiger partial charge in [-0.3, -0.25) is 0 Å². The van der Waals surface area contributed by atoms with Gasteiger partial charge < -0.3 is 10.2 Å². The fraction of sp³-hybridized carbons (Fsp3) is 0.214. The second-order valence-electron chi connectivity index (χ2n) is 4.36. The van der Waals surface area contributed by atoms with Crippen LogP contribution in [0, 0.1) is 0 Å². The number of nitrogens with one attached hydrogen (secondary N) is 1. The Morgan fingerprint density at radius 2 is 2.11 bits per heavy atom. The average Bonchev–Trinajstić information content (AvgIpc) is 2.40. The van der Waals surface area contributed by atoms with Gasteiger partial charge in [-0.05, 0) is 27.6 Å². The molecule has 3 rings (SSSR count). The van der Waals surface area contributed by atoms with Crippen molar-refractivity contribution >= 4 is 27.4 Å². The van der Waals surface area contributed by atoms with E-state index in [1.807, 2.05) is 12.3 Å². The van der Waals surface area contributed by atoms with Gasteiger partial charge in [-0.1, -0.05) is 30.3 Å². The van der Waals surface area contributed by atoms with E-state index in [1.165, 1.54) is 5.56 Å². The molecule has 1 aliphatic rings. The molecule has 3 nitrogen and oxygen atoms in total. The van der Waals surface area contributed by atoms with E-state index < -0.39 is 0 Å². The number of rotatable bonds is 2. The zero-order valence-electron chi connectivity index (χ0n) is 9.94. The predicted octanol–water partition coefficient (Wildman–Crippen LogP) is 3.28. The van der Waals surface area contributed by atoms with Crippen LogP contribution < -0.4 is 10.2 Å². The first-order chi connectivity index (χ1) is 8.83. The Morgan fingerprint density at radius 1 is 1.28 bits per heavy atom. The molecule has 2 aromatic rings. The van der Waals surface area contributed by atoms with E-state index in [0.29, 0.717) is 0 Å². The van der Waals surface area contributed by atoms with Gasteiger partial charge in [0.1, 0.15) is 0 Å². The van der Waals surface area contributed by atoms with Crippen LogP contribution in [0.1, 0.15) is 5.56 Å². The fourth-order valence-corrected chi connectivity index (χ4v) is 2.53. The van der Waals surface area contributed by atoms with Crippen molar-refractivity contribution in [2.45, 2.75) is 6.54 Å². The Morgan fingerprint density at radius 3 is 2.94 bits per heavy atom. The van der Waals surface area contributed by atoms with E-state index in [9.17, 15) is 0 Å². The van der Waals surface area contributed by atoms with Crippen LogP contribution in [-0.2, 0) is 6.54 Å². The van der Waals surface area contributed by atoms with E-state index in [4.69, 9.17) is 0 Å². The molecule has 1 aromatic carbocycles. The van der Waals surface area contributed by atoms with Gasteiger partial charge in [0.05, 0.1) is 5.69 Å². The number of halogens is 1. The molecule has 1 aliphatic heterocycles. The van der Waals surface area contributed by atoms with Crippen LogP contribution in [0.4, 0.5) is 11.5 Å². The summed E-state index contributed by atoms with van der Waals surface area (Å²) in [5, 5.41) is 3.39. The monoisotopic (exact) mass is 303 g/mol. The SMILES string of the molecule is Brc1cnc2c(c1)NCCN2Cc1ccccc1. The molecular weight excluding hydrogens is 290 g/mol. The van der Waals surface area contributed by atoms with Crippen molar-refractivity contribution in [2.24, 2.45) is 0 Å². The van der Waals surface area contributed by atoms with E-state index >= 15 is 0 Å². The second kappa shape index (κ2) is 4.98. The third kappa shape index (κ3) is 2.34. The first-order valence-electron chi connectivity index (χ1n) is 6.01. The van der Waals surface area contributed by atoms with Crippen molar-refractivity contribution in [3.8, 4) is 0 Å². The Hall–Kier alpha value is -1.55. The van der Waals surface area contributed by atoms with Gasteiger partial charge in [0.2, 0.25) is 0 Å². The summed E-state index contributed by atoms with van der Waals surface area (Å²) in [5.74, 6) is 1.04. The van der Waals surface area contributed by atoms with Crippen molar-refractivity contribution in [1.29, 1.82) is 0 Å². The molecular formula is C14H14BrN3. The molecule has 0 spiro atoms. The Kier molecular flexibility index (Phi) is 3.19. The number of fused-ring (bicyclic) bond motifs is 1. The fourth-order valence-electron chi connectivity index (χ4n) is 2.20. The molecule has 0 radical (unpaired) electrons. The highest BCUT2D eigenvalue weighted by Crippen LogP contribution is 2.29. The Balaban J connectivity index is 1.87. The van der Waals surface area contributed by atoms with Crippen molar-refractivity contribution in [2.75, 3.05) is 23.3 Å². The Bertz CT molecular complexity index is 542. The lowest BCUT2D eigenvalue weighted by Gasteiger charge is -2.31. The highest BCUT2D eigenvalue weighted by molar-refractivity contribution is 9.10. The van der Waals surface area contributed by atoms with Crippen LogP contribution in [0.15, 0.2) is 47.1 Å². The molecule has 0 fully saturated rings. The number of nitrogens with zero attached hydrogens (tertiary/aromatic N) is 2. The minimum absolute atomic E-state index is 0.907. The maximum atomic E-state index is 4.51. The number of hydrogen-bond donors (Lipinski definition) is 1. The quantitative estimate of drug-likeness (QED) is 0.923. The largest absolute Gasteiger partial charge is 0.380 e. The third-order valence-electron chi connectivity index (χ3n) is 3.05. The number of benzene rings is 1.